The number of carbonyl (C=O) groups excluding carboxylic acids is 2. The van der Waals surface area contributed by atoms with Gasteiger partial charge in [-0.15, -0.1) is 0 Å². The highest BCUT2D eigenvalue weighted by molar-refractivity contribution is 6.30. The van der Waals surface area contributed by atoms with E-state index in [1.807, 2.05) is 30.3 Å². The van der Waals surface area contributed by atoms with Crippen LogP contribution in [-0.2, 0) is 22.6 Å². The van der Waals surface area contributed by atoms with E-state index < -0.39 is 6.04 Å². The fourth-order valence-electron chi connectivity index (χ4n) is 4.00. The molecular weight excluding hydrogens is 414 g/mol. The lowest BCUT2D eigenvalue weighted by molar-refractivity contribution is -0.129. The van der Waals surface area contributed by atoms with Crippen molar-refractivity contribution in [2.75, 3.05) is 6.54 Å². The minimum atomic E-state index is -0.618. The Balaban J connectivity index is 1.23. The number of benzene rings is 1. The van der Waals surface area contributed by atoms with Gasteiger partial charge >= 0.3 is 0 Å². The van der Waals surface area contributed by atoms with Crippen LogP contribution in [0.25, 0.3) is 10.9 Å². The Hall–Kier alpha value is -2.90. The van der Waals surface area contributed by atoms with Crippen molar-refractivity contribution in [3.05, 3.63) is 65.1 Å². The molecule has 1 aliphatic rings. The average Bonchev–Trinajstić information content (AvgIpc) is 3.38. The van der Waals surface area contributed by atoms with E-state index in [-0.39, 0.29) is 17.9 Å². The van der Waals surface area contributed by atoms with Crippen molar-refractivity contribution in [3.63, 3.8) is 0 Å². The summed E-state index contributed by atoms with van der Waals surface area (Å²) in [4.78, 5) is 32.4. The van der Waals surface area contributed by atoms with Gasteiger partial charge in [0.1, 0.15) is 6.04 Å². The number of hydrogen-bond donors (Lipinski definition) is 4. The summed E-state index contributed by atoms with van der Waals surface area (Å²) in [5, 5.41) is 10.7. The summed E-state index contributed by atoms with van der Waals surface area (Å²) in [5.41, 5.74) is 3.03. The summed E-state index contributed by atoms with van der Waals surface area (Å²) in [7, 11) is 0. The molecule has 0 aliphatic carbocycles. The van der Waals surface area contributed by atoms with Gasteiger partial charge in [0.2, 0.25) is 11.8 Å². The van der Waals surface area contributed by atoms with Gasteiger partial charge in [0.25, 0.3) is 0 Å². The lowest BCUT2D eigenvalue weighted by Crippen LogP contribution is -2.49. The van der Waals surface area contributed by atoms with Gasteiger partial charge in [-0.2, -0.15) is 0 Å². The average molecular weight is 440 g/mol. The van der Waals surface area contributed by atoms with Crippen LogP contribution in [-0.4, -0.2) is 40.4 Å². The summed E-state index contributed by atoms with van der Waals surface area (Å²) >= 11 is 6.06. The van der Waals surface area contributed by atoms with Crippen LogP contribution in [0.3, 0.4) is 0 Å². The maximum atomic E-state index is 12.6. The highest BCUT2D eigenvalue weighted by Gasteiger charge is 2.30. The third kappa shape index (κ3) is 5.42. The molecule has 4 rings (SSSR count). The van der Waals surface area contributed by atoms with E-state index in [2.05, 4.69) is 32.0 Å². The first-order chi connectivity index (χ1) is 15.0. The molecule has 3 atom stereocenters. The van der Waals surface area contributed by atoms with Gasteiger partial charge in [-0.3, -0.25) is 14.6 Å². The number of halogens is 1. The molecule has 7 nitrogen and oxygen atoms in total. The number of H-pyrrole nitrogens is 1. The summed E-state index contributed by atoms with van der Waals surface area (Å²) in [6.45, 7) is 2.82. The van der Waals surface area contributed by atoms with Crippen LogP contribution in [0.4, 0.5) is 0 Å². The zero-order valence-electron chi connectivity index (χ0n) is 17.3. The number of aromatic nitrogens is 2. The van der Waals surface area contributed by atoms with Crippen LogP contribution >= 0.6 is 11.6 Å². The van der Waals surface area contributed by atoms with Gasteiger partial charge in [0.15, 0.2) is 0 Å². The van der Waals surface area contributed by atoms with Crippen molar-refractivity contribution in [1.82, 2.24) is 25.9 Å². The molecular formula is C23H26ClN5O2. The smallest absolute Gasteiger partial charge is 0.242 e. The fraction of sp³-hybridized carbons (Fsp3) is 0.348. The second-order valence-corrected chi connectivity index (χ2v) is 8.54. The number of rotatable bonds is 7. The van der Waals surface area contributed by atoms with Crippen molar-refractivity contribution >= 4 is 34.3 Å². The fourth-order valence-corrected chi connectivity index (χ4v) is 4.22. The summed E-state index contributed by atoms with van der Waals surface area (Å²) in [5.74, 6) is -0.0126. The molecule has 1 fully saturated rings. The monoisotopic (exact) mass is 439 g/mol. The van der Waals surface area contributed by atoms with Crippen LogP contribution in [0.1, 0.15) is 24.6 Å². The topological polar surface area (TPSA) is 98.9 Å². The molecule has 162 valence electrons. The zero-order chi connectivity index (χ0) is 21.8. The van der Waals surface area contributed by atoms with Gasteiger partial charge in [0, 0.05) is 34.0 Å². The van der Waals surface area contributed by atoms with Crippen LogP contribution in [0.5, 0.6) is 0 Å². The number of nitrogens with one attached hydrogen (secondary N) is 4. The molecule has 0 spiro atoms. The van der Waals surface area contributed by atoms with Crippen LogP contribution in [0.2, 0.25) is 5.02 Å². The number of nitrogens with zero attached hydrogens (tertiary/aromatic N) is 1. The molecule has 1 saturated heterocycles. The third-order valence-corrected chi connectivity index (χ3v) is 5.87. The van der Waals surface area contributed by atoms with E-state index in [0.717, 1.165) is 41.0 Å². The highest BCUT2D eigenvalue weighted by atomic mass is 35.5. The molecule has 1 aliphatic heterocycles. The van der Waals surface area contributed by atoms with Gasteiger partial charge in [-0.05, 0) is 62.1 Å². The Morgan fingerprint density at radius 2 is 2.16 bits per heavy atom. The molecule has 3 aromatic rings. The second kappa shape index (κ2) is 9.49. The molecule has 2 amide bonds. The molecule has 1 unspecified atom stereocenters. The molecule has 0 saturated carbocycles. The molecule has 8 heteroatoms. The quantitative estimate of drug-likeness (QED) is 0.454. The number of carbonyl (C=O) groups is 2. The van der Waals surface area contributed by atoms with Gasteiger partial charge < -0.3 is 20.9 Å². The predicted molar refractivity (Wildman–Crippen MR) is 121 cm³/mol. The number of hydrogen-bond acceptors (Lipinski definition) is 4. The lowest BCUT2D eigenvalue weighted by Gasteiger charge is -2.17. The van der Waals surface area contributed by atoms with E-state index >= 15 is 0 Å². The predicted octanol–water partition coefficient (Wildman–Crippen LogP) is 2.56. The minimum Gasteiger partial charge on any atom is -0.357 e. The van der Waals surface area contributed by atoms with Gasteiger partial charge in [-0.1, -0.05) is 23.7 Å². The van der Waals surface area contributed by atoms with E-state index in [0.29, 0.717) is 12.5 Å². The molecule has 0 radical (unpaired) electrons. The second-order valence-electron chi connectivity index (χ2n) is 8.10. The number of amides is 2. The first-order valence-corrected chi connectivity index (χ1v) is 10.8. The van der Waals surface area contributed by atoms with E-state index in [4.69, 9.17) is 11.6 Å². The van der Waals surface area contributed by atoms with Crippen molar-refractivity contribution < 1.29 is 9.59 Å². The Bertz CT molecular complexity index is 1050. The Morgan fingerprint density at radius 3 is 2.97 bits per heavy atom. The minimum absolute atomic E-state index is 0.145. The van der Waals surface area contributed by atoms with Gasteiger partial charge in [-0.25, -0.2) is 0 Å². The van der Waals surface area contributed by atoms with Crippen molar-refractivity contribution in [1.29, 1.82) is 0 Å². The molecule has 1 aromatic carbocycles. The Labute approximate surface area is 186 Å². The molecule has 0 bridgehead atoms. The molecule has 31 heavy (non-hydrogen) atoms. The van der Waals surface area contributed by atoms with Crippen molar-refractivity contribution in [2.24, 2.45) is 5.92 Å². The Kier molecular flexibility index (Phi) is 6.53. The first-order valence-electron chi connectivity index (χ1n) is 10.5. The maximum absolute atomic E-state index is 12.6. The van der Waals surface area contributed by atoms with E-state index in [9.17, 15) is 9.59 Å². The lowest BCUT2D eigenvalue weighted by atomic mass is 9.96. The summed E-state index contributed by atoms with van der Waals surface area (Å²) < 4.78 is 0. The molecule has 4 N–H and O–H groups in total. The first kappa shape index (κ1) is 21.3. The molecule has 3 heterocycles. The highest BCUT2D eigenvalue weighted by Crippen LogP contribution is 2.21. The summed E-state index contributed by atoms with van der Waals surface area (Å²) in [6, 6.07) is 10.7. The largest absolute Gasteiger partial charge is 0.357 e. The van der Waals surface area contributed by atoms with Gasteiger partial charge in [0.05, 0.1) is 12.6 Å². The molecule has 2 aromatic heterocycles. The van der Waals surface area contributed by atoms with E-state index in [1.165, 1.54) is 5.56 Å². The number of pyridine rings is 1. The van der Waals surface area contributed by atoms with E-state index in [1.54, 1.807) is 19.3 Å². The number of fused-ring (bicyclic) bond motifs is 1. The van der Waals surface area contributed by atoms with Crippen LogP contribution in [0, 0.1) is 5.92 Å². The van der Waals surface area contributed by atoms with Crippen LogP contribution in [0.15, 0.2) is 48.8 Å². The van der Waals surface area contributed by atoms with Crippen molar-refractivity contribution in [3.8, 4) is 0 Å². The maximum Gasteiger partial charge on any atom is 0.242 e. The van der Waals surface area contributed by atoms with Crippen LogP contribution < -0.4 is 16.0 Å². The SMILES string of the molecule is CC(NC(=O)[C@H]1C[C@H](Cc2cccc(Cl)c2)CN1)C(=O)NCc1cc2cnccc2[nH]1. The third-order valence-electron chi connectivity index (χ3n) is 5.63. The van der Waals surface area contributed by atoms with Crippen molar-refractivity contribution in [2.45, 2.75) is 38.4 Å². The zero-order valence-corrected chi connectivity index (χ0v) is 18.1. The standard InChI is InChI=1S/C23H26ClN5O2/c1-14(22(30)27-13-19-10-17-12-25-6-5-20(17)29-19)28-23(31)21-9-16(11-26-21)7-15-3-2-4-18(24)8-15/h2-6,8,10,12,14,16,21,26,29H,7,9,11,13H2,1H3,(H,27,30)(H,28,31)/t14?,16-,21+/m0/s1. The number of aromatic amines is 1. The normalized spacial score (nSPS) is 19.3. The Morgan fingerprint density at radius 1 is 1.29 bits per heavy atom. The summed E-state index contributed by atoms with van der Waals surface area (Å²) in [6.07, 6.45) is 5.09.